The molecule has 13 heavy (non-hydrogen) atoms. The molecule has 0 radical (unpaired) electrons. The first kappa shape index (κ1) is 8.87. The first-order chi connectivity index (χ1) is 6.31. The third-order valence-corrected chi connectivity index (χ3v) is 2.94. The van der Waals surface area contributed by atoms with Crippen molar-refractivity contribution in [1.82, 2.24) is 0 Å². The van der Waals surface area contributed by atoms with Crippen molar-refractivity contribution in [2.24, 2.45) is 4.99 Å². The molecular formula is C10H8INO. The minimum atomic E-state index is -0.0893. The highest BCUT2D eigenvalue weighted by atomic mass is 127. The fourth-order valence-electron chi connectivity index (χ4n) is 1.42. The van der Waals surface area contributed by atoms with E-state index in [1.807, 2.05) is 24.3 Å². The maximum atomic E-state index is 11.5. The minimum Gasteiger partial charge on any atom is -0.267 e. The van der Waals surface area contributed by atoms with Crippen LogP contribution in [0.1, 0.15) is 15.9 Å². The van der Waals surface area contributed by atoms with Crippen LogP contribution in [0.5, 0.6) is 0 Å². The fraction of sp³-hybridized carbons (Fsp3) is 0.200. The number of hydrogen-bond donors (Lipinski definition) is 0. The number of halogens is 1. The molecule has 0 atom stereocenters. The third-order valence-electron chi connectivity index (χ3n) is 2.06. The molecule has 0 unspecified atom stereocenters. The normalized spacial score (nSPS) is 15.2. The van der Waals surface area contributed by atoms with E-state index in [0.29, 0.717) is 0 Å². The van der Waals surface area contributed by atoms with Gasteiger partial charge < -0.3 is 0 Å². The van der Waals surface area contributed by atoms with E-state index in [2.05, 4.69) is 27.6 Å². The third kappa shape index (κ3) is 1.65. The van der Waals surface area contributed by atoms with Gasteiger partial charge in [0.2, 0.25) is 0 Å². The van der Waals surface area contributed by atoms with E-state index in [1.165, 1.54) is 0 Å². The Kier molecular flexibility index (Phi) is 2.44. The van der Waals surface area contributed by atoms with Gasteiger partial charge in [0.25, 0.3) is 5.91 Å². The Labute approximate surface area is 90.2 Å². The summed E-state index contributed by atoms with van der Waals surface area (Å²) in [5, 5.41) is 0. The Morgan fingerprint density at radius 1 is 1.38 bits per heavy atom. The van der Waals surface area contributed by atoms with Gasteiger partial charge >= 0.3 is 0 Å². The van der Waals surface area contributed by atoms with Crippen LogP contribution >= 0.6 is 22.6 Å². The molecule has 0 bridgehead atoms. The molecule has 0 saturated carbocycles. The molecule has 0 saturated heterocycles. The summed E-state index contributed by atoms with van der Waals surface area (Å²) >= 11 is 2.23. The van der Waals surface area contributed by atoms with E-state index >= 15 is 0 Å². The summed E-state index contributed by atoms with van der Waals surface area (Å²) < 4.78 is 0.831. The number of fused-ring (bicyclic) bond motifs is 1. The molecule has 0 aromatic heterocycles. The molecule has 2 rings (SSSR count). The van der Waals surface area contributed by atoms with Crippen molar-refractivity contribution < 1.29 is 4.79 Å². The van der Waals surface area contributed by atoms with Gasteiger partial charge in [-0.1, -0.05) is 40.8 Å². The lowest BCUT2D eigenvalue weighted by Gasteiger charge is -2.12. The van der Waals surface area contributed by atoms with Gasteiger partial charge in [-0.2, -0.15) is 0 Å². The Bertz CT molecular complexity index is 384. The van der Waals surface area contributed by atoms with Gasteiger partial charge in [-0.3, -0.25) is 4.79 Å². The van der Waals surface area contributed by atoms with Crippen LogP contribution in [-0.4, -0.2) is 16.0 Å². The van der Waals surface area contributed by atoms with Crippen molar-refractivity contribution in [3.63, 3.8) is 0 Å². The number of amides is 1. The van der Waals surface area contributed by atoms with Crippen LogP contribution in [0.25, 0.3) is 0 Å². The predicted octanol–water partition coefficient (Wildman–Crippen LogP) is 2.26. The average molecular weight is 285 g/mol. The first-order valence-corrected chi connectivity index (χ1v) is 5.58. The summed E-state index contributed by atoms with van der Waals surface area (Å²) in [5.74, 6) is -0.0893. The molecule has 1 amide bonds. The zero-order valence-electron chi connectivity index (χ0n) is 6.96. The summed E-state index contributed by atoms with van der Waals surface area (Å²) in [6.07, 6.45) is 0.824. The van der Waals surface area contributed by atoms with Crippen LogP contribution in [-0.2, 0) is 6.42 Å². The first-order valence-electron chi connectivity index (χ1n) is 4.06. The number of rotatable bonds is 1. The van der Waals surface area contributed by atoms with Crippen molar-refractivity contribution in [2.75, 3.05) is 4.43 Å². The SMILES string of the molecule is O=C1N=C(CI)Cc2ccccc21. The van der Waals surface area contributed by atoms with E-state index in [1.54, 1.807) is 0 Å². The van der Waals surface area contributed by atoms with E-state index in [9.17, 15) is 4.79 Å². The molecular weight excluding hydrogens is 277 g/mol. The number of carbonyl (C=O) groups is 1. The predicted molar refractivity (Wildman–Crippen MR) is 60.8 cm³/mol. The fourth-order valence-corrected chi connectivity index (χ4v) is 1.86. The highest BCUT2D eigenvalue weighted by Gasteiger charge is 2.17. The van der Waals surface area contributed by atoms with Gasteiger partial charge in [0, 0.05) is 22.1 Å². The van der Waals surface area contributed by atoms with Gasteiger partial charge in [-0.05, 0) is 11.6 Å². The lowest BCUT2D eigenvalue weighted by Crippen LogP contribution is -2.17. The zero-order valence-corrected chi connectivity index (χ0v) is 9.11. The Hall–Kier alpha value is -0.710. The minimum absolute atomic E-state index is 0.0893. The molecule has 1 aliphatic rings. The molecule has 2 nitrogen and oxygen atoms in total. The van der Waals surface area contributed by atoms with Crippen molar-refractivity contribution in [2.45, 2.75) is 6.42 Å². The molecule has 3 heteroatoms. The van der Waals surface area contributed by atoms with Gasteiger partial charge in [0.1, 0.15) is 0 Å². The number of carbonyl (C=O) groups excluding carboxylic acids is 1. The van der Waals surface area contributed by atoms with Crippen molar-refractivity contribution in [3.05, 3.63) is 35.4 Å². The monoisotopic (exact) mass is 285 g/mol. The molecule has 1 aromatic carbocycles. The highest BCUT2D eigenvalue weighted by molar-refractivity contribution is 14.1. The number of alkyl halides is 1. The average Bonchev–Trinajstić information content (AvgIpc) is 2.18. The molecule has 1 heterocycles. The molecule has 0 aliphatic carbocycles. The van der Waals surface area contributed by atoms with E-state index in [-0.39, 0.29) is 5.91 Å². The summed E-state index contributed by atoms with van der Waals surface area (Å²) in [4.78, 5) is 15.5. The van der Waals surface area contributed by atoms with Gasteiger partial charge in [-0.15, -0.1) is 0 Å². The quantitative estimate of drug-likeness (QED) is 0.575. The Morgan fingerprint density at radius 2 is 2.15 bits per heavy atom. The van der Waals surface area contributed by atoms with Crippen LogP contribution in [0.2, 0.25) is 0 Å². The lowest BCUT2D eigenvalue weighted by molar-refractivity contribution is 0.1000. The van der Waals surface area contributed by atoms with E-state index in [4.69, 9.17) is 0 Å². The summed E-state index contributed by atoms with van der Waals surface area (Å²) in [7, 11) is 0. The highest BCUT2D eigenvalue weighted by Crippen LogP contribution is 2.17. The Morgan fingerprint density at radius 3 is 2.92 bits per heavy atom. The second-order valence-corrected chi connectivity index (χ2v) is 3.71. The van der Waals surface area contributed by atoms with E-state index in [0.717, 1.165) is 27.7 Å². The van der Waals surface area contributed by atoms with Crippen LogP contribution < -0.4 is 0 Å². The number of nitrogens with zero attached hydrogens (tertiary/aromatic N) is 1. The molecule has 1 aromatic rings. The molecule has 0 N–H and O–H groups in total. The van der Waals surface area contributed by atoms with Crippen molar-refractivity contribution in [3.8, 4) is 0 Å². The smallest absolute Gasteiger partial charge is 0.267 e. The van der Waals surface area contributed by atoms with Gasteiger partial charge in [0.05, 0.1) is 0 Å². The maximum absolute atomic E-state index is 11.5. The second-order valence-electron chi connectivity index (χ2n) is 2.95. The molecule has 1 aliphatic heterocycles. The zero-order chi connectivity index (χ0) is 9.26. The summed E-state index contributed by atoms with van der Waals surface area (Å²) in [5.41, 5.74) is 2.84. The topological polar surface area (TPSA) is 29.4 Å². The number of hydrogen-bond acceptors (Lipinski definition) is 1. The summed E-state index contributed by atoms with van der Waals surface area (Å²) in [6, 6.07) is 7.67. The molecule has 0 spiro atoms. The van der Waals surface area contributed by atoms with E-state index < -0.39 is 0 Å². The van der Waals surface area contributed by atoms with Crippen LogP contribution in [0.15, 0.2) is 29.3 Å². The summed E-state index contributed by atoms with van der Waals surface area (Å²) in [6.45, 7) is 0. The van der Waals surface area contributed by atoms with Crippen molar-refractivity contribution in [1.29, 1.82) is 0 Å². The van der Waals surface area contributed by atoms with Crippen LogP contribution in [0.4, 0.5) is 0 Å². The lowest BCUT2D eigenvalue weighted by atomic mass is 9.99. The van der Waals surface area contributed by atoms with Crippen LogP contribution in [0, 0.1) is 0 Å². The van der Waals surface area contributed by atoms with Gasteiger partial charge in [0.15, 0.2) is 0 Å². The second kappa shape index (κ2) is 3.57. The number of aliphatic imine (C=N–C) groups is 1. The standard InChI is InChI=1S/C10H8INO/c11-6-8-5-7-3-1-2-4-9(7)10(13)12-8/h1-4H,5-6H2. The Balaban J connectivity index is 2.46. The molecule has 66 valence electrons. The molecule has 0 fully saturated rings. The maximum Gasteiger partial charge on any atom is 0.277 e. The largest absolute Gasteiger partial charge is 0.277 e. The van der Waals surface area contributed by atoms with Gasteiger partial charge in [-0.25, -0.2) is 4.99 Å². The number of benzene rings is 1. The van der Waals surface area contributed by atoms with Crippen LogP contribution in [0.3, 0.4) is 0 Å². The van der Waals surface area contributed by atoms with Crippen molar-refractivity contribution >= 4 is 34.2 Å².